The molecule has 0 amide bonds. The van der Waals surface area contributed by atoms with Crippen LogP contribution in [0.2, 0.25) is 0 Å². The average molecular weight is 219 g/mol. The zero-order valence-corrected chi connectivity index (χ0v) is 11.4. The van der Waals surface area contributed by atoms with Gasteiger partial charge in [-0.25, -0.2) is 0 Å². The fourth-order valence-electron chi connectivity index (χ4n) is 2.44. The van der Waals surface area contributed by atoms with E-state index >= 15 is 0 Å². The van der Waals surface area contributed by atoms with Crippen LogP contribution in [0.15, 0.2) is 6.07 Å². The number of hydrogen-bond donors (Lipinski definition) is 0. The summed E-state index contributed by atoms with van der Waals surface area (Å²) < 4.78 is 0. The predicted molar refractivity (Wildman–Crippen MR) is 70.9 cm³/mol. The van der Waals surface area contributed by atoms with Crippen LogP contribution < -0.4 is 0 Å². The van der Waals surface area contributed by atoms with E-state index in [0.717, 1.165) is 12.3 Å². The number of fused-ring (bicyclic) bond motifs is 1. The Hall–Kier alpha value is -0.850. The van der Waals surface area contributed by atoms with Crippen LogP contribution in [0, 0.1) is 12.8 Å². The van der Waals surface area contributed by atoms with Gasteiger partial charge in [0.05, 0.1) is 0 Å². The molecule has 16 heavy (non-hydrogen) atoms. The van der Waals surface area contributed by atoms with Crippen LogP contribution in [-0.4, -0.2) is 4.98 Å². The van der Waals surface area contributed by atoms with Crippen molar-refractivity contribution in [3.05, 3.63) is 28.6 Å². The maximum Gasteiger partial charge on any atom is 0.0441 e. The van der Waals surface area contributed by atoms with E-state index < -0.39 is 0 Å². The van der Waals surface area contributed by atoms with Gasteiger partial charge in [-0.1, -0.05) is 27.7 Å². The van der Waals surface area contributed by atoms with E-state index in [9.17, 15) is 0 Å². The highest BCUT2D eigenvalue weighted by Gasteiger charge is 2.18. The molecule has 0 radical (unpaired) electrons. The first-order valence-electron chi connectivity index (χ1n) is 6.69. The Kier molecular flexibility index (Phi) is 4.98. The van der Waals surface area contributed by atoms with E-state index in [-0.39, 0.29) is 0 Å². The second kappa shape index (κ2) is 6.03. The van der Waals surface area contributed by atoms with Gasteiger partial charge >= 0.3 is 0 Å². The topological polar surface area (TPSA) is 12.9 Å². The third kappa shape index (κ3) is 2.84. The Labute approximate surface area is 100 Å². The smallest absolute Gasteiger partial charge is 0.0441 e. The molecule has 0 fully saturated rings. The maximum atomic E-state index is 4.66. The van der Waals surface area contributed by atoms with Gasteiger partial charge in [-0.2, -0.15) is 0 Å². The summed E-state index contributed by atoms with van der Waals surface area (Å²) in [6, 6.07) is 2.26. The maximum absolute atomic E-state index is 4.66. The first-order chi connectivity index (χ1) is 7.70. The molecule has 1 aromatic rings. The van der Waals surface area contributed by atoms with Gasteiger partial charge in [0, 0.05) is 11.4 Å². The van der Waals surface area contributed by atoms with Gasteiger partial charge in [-0.3, -0.25) is 4.98 Å². The van der Waals surface area contributed by atoms with Crippen molar-refractivity contribution in [1.29, 1.82) is 0 Å². The number of rotatable bonds is 1. The first kappa shape index (κ1) is 13.2. The Morgan fingerprint density at radius 1 is 1.38 bits per heavy atom. The monoisotopic (exact) mass is 219 g/mol. The van der Waals surface area contributed by atoms with E-state index in [1.54, 1.807) is 5.56 Å². The molecule has 0 spiro atoms. The average Bonchev–Trinajstić information content (AvgIpc) is 2.31. The van der Waals surface area contributed by atoms with Crippen LogP contribution in [0.25, 0.3) is 0 Å². The zero-order chi connectivity index (χ0) is 12.1. The van der Waals surface area contributed by atoms with Crippen molar-refractivity contribution in [2.24, 2.45) is 5.92 Å². The largest absolute Gasteiger partial charge is 0.258 e. The second-order valence-corrected chi connectivity index (χ2v) is 4.55. The van der Waals surface area contributed by atoms with E-state index in [2.05, 4.69) is 31.8 Å². The van der Waals surface area contributed by atoms with Crippen molar-refractivity contribution in [1.82, 2.24) is 4.98 Å². The molecule has 0 N–H and O–H groups in total. The Morgan fingerprint density at radius 2 is 2.06 bits per heavy atom. The summed E-state index contributed by atoms with van der Waals surface area (Å²) in [4.78, 5) is 4.66. The molecule has 0 bridgehead atoms. The molecular weight excluding hydrogens is 194 g/mol. The standard InChI is InChI=1S/C13H19N.C2H6/c1-4-11-8-10(3)14-13-6-5-9(2)7-12(11)13;1-2/h8-9H,4-7H2,1-3H3;1-2H3. The molecule has 0 aromatic carbocycles. The minimum atomic E-state index is 0.845. The zero-order valence-electron chi connectivity index (χ0n) is 11.4. The summed E-state index contributed by atoms with van der Waals surface area (Å²) in [6.45, 7) is 10.7. The Bertz CT molecular complexity index is 324. The van der Waals surface area contributed by atoms with Gasteiger partial charge in [0.15, 0.2) is 0 Å². The van der Waals surface area contributed by atoms with Crippen molar-refractivity contribution in [3.63, 3.8) is 0 Å². The highest BCUT2D eigenvalue weighted by atomic mass is 14.7. The number of pyridine rings is 1. The molecule has 1 aliphatic rings. The predicted octanol–water partition coefficient (Wildman–Crippen LogP) is 4.10. The van der Waals surface area contributed by atoms with Crippen LogP contribution >= 0.6 is 0 Å². The molecule has 1 aromatic heterocycles. The summed E-state index contributed by atoms with van der Waals surface area (Å²) in [7, 11) is 0. The summed E-state index contributed by atoms with van der Waals surface area (Å²) >= 11 is 0. The SMILES string of the molecule is CC.CCc1cc(C)nc2c1CC(C)CC2. The molecule has 2 rings (SSSR count). The van der Waals surface area contributed by atoms with Gasteiger partial charge in [-0.05, 0) is 55.7 Å². The van der Waals surface area contributed by atoms with E-state index in [4.69, 9.17) is 0 Å². The Morgan fingerprint density at radius 3 is 2.69 bits per heavy atom. The number of aromatic nitrogens is 1. The van der Waals surface area contributed by atoms with E-state index in [1.165, 1.54) is 36.2 Å². The first-order valence-corrected chi connectivity index (χ1v) is 6.69. The van der Waals surface area contributed by atoms with Crippen LogP contribution in [0.5, 0.6) is 0 Å². The third-order valence-corrected chi connectivity index (χ3v) is 3.24. The molecule has 1 unspecified atom stereocenters. The van der Waals surface area contributed by atoms with Crippen LogP contribution in [-0.2, 0) is 19.3 Å². The molecule has 1 nitrogen and oxygen atoms in total. The lowest BCUT2D eigenvalue weighted by atomic mass is 9.84. The summed E-state index contributed by atoms with van der Waals surface area (Å²) in [5, 5.41) is 0. The lowest BCUT2D eigenvalue weighted by Crippen LogP contribution is -2.15. The molecule has 0 saturated carbocycles. The van der Waals surface area contributed by atoms with Crippen molar-refractivity contribution < 1.29 is 0 Å². The van der Waals surface area contributed by atoms with Gasteiger partial charge in [0.2, 0.25) is 0 Å². The van der Waals surface area contributed by atoms with Crippen LogP contribution in [0.1, 0.15) is 56.6 Å². The number of nitrogens with zero attached hydrogens (tertiary/aromatic N) is 1. The van der Waals surface area contributed by atoms with Crippen molar-refractivity contribution in [2.45, 2.75) is 60.3 Å². The summed E-state index contributed by atoms with van der Waals surface area (Å²) in [5.41, 5.74) is 5.64. The van der Waals surface area contributed by atoms with Crippen molar-refractivity contribution in [2.75, 3.05) is 0 Å². The lowest BCUT2D eigenvalue weighted by molar-refractivity contribution is 0.490. The van der Waals surface area contributed by atoms with Crippen LogP contribution in [0.3, 0.4) is 0 Å². The van der Waals surface area contributed by atoms with E-state index in [1.807, 2.05) is 13.8 Å². The third-order valence-electron chi connectivity index (χ3n) is 3.24. The molecule has 0 saturated heterocycles. The van der Waals surface area contributed by atoms with Gasteiger partial charge < -0.3 is 0 Å². The molecule has 1 heteroatoms. The van der Waals surface area contributed by atoms with Crippen molar-refractivity contribution in [3.8, 4) is 0 Å². The number of aryl methyl sites for hydroxylation is 3. The summed E-state index contributed by atoms with van der Waals surface area (Å²) in [6.07, 6.45) is 4.89. The second-order valence-electron chi connectivity index (χ2n) is 4.55. The normalized spacial score (nSPS) is 18.4. The summed E-state index contributed by atoms with van der Waals surface area (Å²) in [5.74, 6) is 0.845. The van der Waals surface area contributed by atoms with Gasteiger partial charge in [-0.15, -0.1) is 0 Å². The highest BCUT2D eigenvalue weighted by molar-refractivity contribution is 5.34. The minimum absolute atomic E-state index is 0.845. The fourth-order valence-corrected chi connectivity index (χ4v) is 2.44. The molecule has 0 aliphatic heterocycles. The van der Waals surface area contributed by atoms with Gasteiger partial charge in [0.25, 0.3) is 0 Å². The van der Waals surface area contributed by atoms with E-state index in [0.29, 0.717) is 0 Å². The molecule has 1 atom stereocenters. The quantitative estimate of drug-likeness (QED) is 0.693. The molecule has 90 valence electrons. The highest BCUT2D eigenvalue weighted by Crippen LogP contribution is 2.27. The molecule has 1 aliphatic carbocycles. The van der Waals surface area contributed by atoms with Crippen molar-refractivity contribution >= 4 is 0 Å². The minimum Gasteiger partial charge on any atom is -0.258 e. The number of hydrogen-bond acceptors (Lipinski definition) is 1. The van der Waals surface area contributed by atoms with Crippen LogP contribution in [0.4, 0.5) is 0 Å². The lowest BCUT2D eigenvalue weighted by Gasteiger charge is -2.23. The Balaban J connectivity index is 0.000000606. The van der Waals surface area contributed by atoms with Gasteiger partial charge in [0.1, 0.15) is 0 Å². The molecular formula is C15H25N. The fraction of sp³-hybridized carbons (Fsp3) is 0.667. The molecule has 1 heterocycles.